The van der Waals surface area contributed by atoms with Crippen molar-refractivity contribution in [2.24, 2.45) is 0 Å². The number of H-pyrrole nitrogens is 1. The molecule has 0 amide bonds. The Labute approximate surface area is 108 Å². The predicted octanol–water partition coefficient (Wildman–Crippen LogP) is 2.49. The van der Waals surface area contributed by atoms with Gasteiger partial charge in [-0.05, 0) is 25.0 Å². The zero-order valence-electron chi connectivity index (χ0n) is 10.0. The van der Waals surface area contributed by atoms with Crippen molar-refractivity contribution in [2.75, 3.05) is 0 Å². The summed E-state index contributed by atoms with van der Waals surface area (Å²) in [6.07, 6.45) is 1.57. The molecule has 1 aromatic carbocycles. The number of aryl methyl sites for hydroxylation is 2. The molecule has 2 heterocycles. The average molecular weight is 257 g/mol. The Hall–Kier alpha value is -2.08. The number of fused-ring (bicyclic) bond motifs is 1. The lowest BCUT2D eigenvalue weighted by molar-refractivity contribution is 0.807. The molecule has 0 unspecified atom stereocenters. The van der Waals surface area contributed by atoms with Crippen LogP contribution in [0.2, 0.25) is 0 Å². The Balaban J connectivity index is 2.40. The van der Waals surface area contributed by atoms with E-state index in [1.165, 1.54) is 0 Å². The van der Waals surface area contributed by atoms with E-state index in [4.69, 9.17) is 12.2 Å². The second kappa shape index (κ2) is 3.99. The van der Waals surface area contributed by atoms with Crippen LogP contribution in [0.3, 0.4) is 0 Å². The zero-order chi connectivity index (χ0) is 12.7. The van der Waals surface area contributed by atoms with Crippen molar-refractivity contribution >= 4 is 23.4 Å². The fourth-order valence-corrected chi connectivity index (χ4v) is 2.26. The van der Waals surface area contributed by atoms with E-state index in [1.807, 2.05) is 32.0 Å². The summed E-state index contributed by atoms with van der Waals surface area (Å²) in [5, 5.41) is 8.27. The van der Waals surface area contributed by atoms with Crippen molar-refractivity contribution in [3.05, 3.63) is 40.3 Å². The van der Waals surface area contributed by atoms with Crippen molar-refractivity contribution in [3.63, 3.8) is 0 Å². The summed E-state index contributed by atoms with van der Waals surface area (Å²) in [4.78, 5) is 7.06. The first-order valence-corrected chi connectivity index (χ1v) is 5.95. The largest absolute Gasteiger partial charge is 0.329 e. The molecular weight excluding hydrogens is 246 g/mol. The molecule has 0 spiro atoms. The van der Waals surface area contributed by atoms with Gasteiger partial charge in [-0.15, -0.1) is 5.10 Å². The first-order chi connectivity index (χ1) is 8.68. The van der Waals surface area contributed by atoms with Gasteiger partial charge in [-0.2, -0.15) is 4.68 Å². The molecule has 0 saturated carbocycles. The van der Waals surface area contributed by atoms with E-state index in [9.17, 15) is 0 Å². The lowest BCUT2D eigenvalue weighted by atomic mass is 10.1. The molecular formula is C12H11N5S. The van der Waals surface area contributed by atoms with Crippen LogP contribution in [0.5, 0.6) is 0 Å². The van der Waals surface area contributed by atoms with Crippen LogP contribution in [-0.4, -0.2) is 25.0 Å². The van der Waals surface area contributed by atoms with Gasteiger partial charge >= 0.3 is 0 Å². The summed E-state index contributed by atoms with van der Waals surface area (Å²) >= 11 is 5.14. The van der Waals surface area contributed by atoms with Crippen LogP contribution in [0.4, 0.5) is 0 Å². The number of benzene rings is 1. The molecule has 0 aliphatic heterocycles. The van der Waals surface area contributed by atoms with Crippen molar-refractivity contribution in [2.45, 2.75) is 13.8 Å². The molecule has 0 aliphatic carbocycles. The van der Waals surface area contributed by atoms with Gasteiger partial charge in [0.1, 0.15) is 0 Å². The molecule has 6 heteroatoms. The molecule has 0 bridgehead atoms. The van der Waals surface area contributed by atoms with Crippen LogP contribution in [0, 0.1) is 18.5 Å². The van der Waals surface area contributed by atoms with Crippen molar-refractivity contribution in [3.8, 4) is 5.69 Å². The number of aromatic nitrogens is 5. The Morgan fingerprint density at radius 2 is 1.94 bits per heavy atom. The quantitative estimate of drug-likeness (QED) is 0.680. The summed E-state index contributed by atoms with van der Waals surface area (Å²) in [7, 11) is 0. The van der Waals surface area contributed by atoms with E-state index < -0.39 is 0 Å². The fraction of sp³-hybridized carbons (Fsp3) is 0.167. The number of hydrogen-bond donors (Lipinski definition) is 1. The lowest BCUT2D eigenvalue weighted by Gasteiger charge is -2.09. The smallest absolute Gasteiger partial charge is 0.167 e. The van der Waals surface area contributed by atoms with Crippen molar-refractivity contribution in [1.29, 1.82) is 0 Å². The maximum absolute atomic E-state index is 5.14. The molecule has 90 valence electrons. The van der Waals surface area contributed by atoms with E-state index in [1.54, 1.807) is 11.0 Å². The van der Waals surface area contributed by atoms with Gasteiger partial charge in [0.25, 0.3) is 0 Å². The van der Waals surface area contributed by atoms with Crippen LogP contribution in [0.25, 0.3) is 16.9 Å². The first kappa shape index (κ1) is 11.0. The first-order valence-electron chi connectivity index (χ1n) is 5.54. The minimum Gasteiger partial charge on any atom is -0.329 e. The van der Waals surface area contributed by atoms with Gasteiger partial charge in [0.2, 0.25) is 0 Å². The maximum atomic E-state index is 5.14. The molecule has 2 aromatic heterocycles. The van der Waals surface area contributed by atoms with Gasteiger partial charge in [0.05, 0.1) is 12.0 Å². The Morgan fingerprint density at radius 1 is 1.22 bits per heavy atom. The highest BCUT2D eigenvalue weighted by atomic mass is 32.1. The highest BCUT2D eigenvalue weighted by Crippen LogP contribution is 2.20. The second-order valence-electron chi connectivity index (χ2n) is 4.15. The lowest BCUT2D eigenvalue weighted by Crippen LogP contribution is -2.03. The van der Waals surface area contributed by atoms with E-state index in [-0.39, 0.29) is 0 Å². The van der Waals surface area contributed by atoms with Crippen molar-refractivity contribution < 1.29 is 0 Å². The highest BCUT2D eigenvalue weighted by molar-refractivity contribution is 7.71. The summed E-state index contributed by atoms with van der Waals surface area (Å²) in [5.41, 5.74) is 4.69. The van der Waals surface area contributed by atoms with Crippen molar-refractivity contribution in [1.82, 2.24) is 25.0 Å². The molecule has 0 radical (unpaired) electrons. The van der Waals surface area contributed by atoms with Gasteiger partial charge < -0.3 is 4.98 Å². The molecule has 5 nitrogen and oxygen atoms in total. The van der Waals surface area contributed by atoms with Gasteiger partial charge in [-0.3, -0.25) is 0 Å². The number of para-hydroxylation sites is 1. The van der Waals surface area contributed by atoms with E-state index >= 15 is 0 Å². The van der Waals surface area contributed by atoms with Crippen LogP contribution < -0.4 is 0 Å². The van der Waals surface area contributed by atoms with Gasteiger partial charge in [0.15, 0.2) is 15.8 Å². The minimum absolute atomic E-state index is 0.459. The fourth-order valence-electron chi connectivity index (χ4n) is 2.06. The van der Waals surface area contributed by atoms with Crippen LogP contribution in [0.15, 0.2) is 24.5 Å². The Bertz CT molecular complexity index is 766. The second-order valence-corrected chi connectivity index (χ2v) is 4.53. The number of aromatic amines is 1. The van der Waals surface area contributed by atoms with Gasteiger partial charge in [0, 0.05) is 0 Å². The summed E-state index contributed by atoms with van der Waals surface area (Å²) in [5.74, 6) is 0. The standard InChI is InChI=1S/C12H11N5S/c1-7-4-3-5-8(2)10(7)17-11-9(15-16-17)12(18)14-6-13-11/h3-6H,1-2H3,(H,13,14,18). The van der Waals surface area contributed by atoms with Crippen LogP contribution >= 0.6 is 12.2 Å². The normalized spacial score (nSPS) is 11.0. The number of nitrogens with zero attached hydrogens (tertiary/aromatic N) is 4. The molecule has 0 fully saturated rings. The third-order valence-electron chi connectivity index (χ3n) is 2.91. The number of rotatable bonds is 1. The molecule has 1 N–H and O–H groups in total. The third-order valence-corrected chi connectivity index (χ3v) is 3.21. The Morgan fingerprint density at radius 3 is 2.67 bits per heavy atom. The minimum atomic E-state index is 0.459. The topological polar surface area (TPSA) is 59.4 Å². The molecule has 18 heavy (non-hydrogen) atoms. The maximum Gasteiger partial charge on any atom is 0.167 e. The highest BCUT2D eigenvalue weighted by Gasteiger charge is 2.12. The number of hydrogen-bond acceptors (Lipinski definition) is 4. The SMILES string of the molecule is Cc1cccc(C)c1-n1nnc2c(=S)nc[nH]c21. The predicted molar refractivity (Wildman–Crippen MR) is 71.3 cm³/mol. The summed E-state index contributed by atoms with van der Waals surface area (Å²) < 4.78 is 2.23. The van der Waals surface area contributed by atoms with E-state index in [2.05, 4.69) is 20.3 Å². The molecule has 0 aliphatic rings. The summed E-state index contributed by atoms with van der Waals surface area (Å²) in [6.45, 7) is 4.09. The molecule has 3 aromatic rings. The monoisotopic (exact) mass is 257 g/mol. The van der Waals surface area contributed by atoms with Gasteiger partial charge in [-0.25, -0.2) is 4.98 Å². The Kier molecular flexibility index (Phi) is 2.45. The number of nitrogens with one attached hydrogen (secondary N) is 1. The molecule has 3 rings (SSSR count). The molecule has 0 atom stereocenters. The van der Waals surface area contributed by atoms with E-state index in [0.717, 1.165) is 22.5 Å². The van der Waals surface area contributed by atoms with Gasteiger partial charge in [-0.1, -0.05) is 35.6 Å². The summed E-state index contributed by atoms with van der Waals surface area (Å²) in [6, 6.07) is 6.12. The average Bonchev–Trinajstić information content (AvgIpc) is 2.75. The third kappa shape index (κ3) is 1.53. The molecule has 0 saturated heterocycles. The van der Waals surface area contributed by atoms with Crippen LogP contribution in [-0.2, 0) is 0 Å². The van der Waals surface area contributed by atoms with E-state index in [0.29, 0.717) is 10.2 Å². The van der Waals surface area contributed by atoms with Crippen LogP contribution in [0.1, 0.15) is 11.1 Å². The zero-order valence-corrected chi connectivity index (χ0v) is 10.8.